The van der Waals surface area contributed by atoms with E-state index in [1.807, 2.05) is 0 Å². The predicted octanol–water partition coefficient (Wildman–Crippen LogP) is 1.15. The SMILES string of the molecule is CS(=O)(=O)N1CCCC(c2cncc(Nc3ncccn3)n2)C1. The van der Waals surface area contributed by atoms with Gasteiger partial charge in [0.2, 0.25) is 16.0 Å². The summed E-state index contributed by atoms with van der Waals surface area (Å²) in [5, 5.41) is 3.00. The van der Waals surface area contributed by atoms with Crippen LogP contribution in [0.4, 0.5) is 11.8 Å². The molecule has 8 nitrogen and oxygen atoms in total. The Labute approximate surface area is 135 Å². The highest BCUT2D eigenvalue weighted by Crippen LogP contribution is 2.27. The van der Waals surface area contributed by atoms with Crippen molar-refractivity contribution in [3.05, 3.63) is 36.5 Å². The van der Waals surface area contributed by atoms with Crippen molar-refractivity contribution in [1.29, 1.82) is 0 Å². The maximum atomic E-state index is 11.7. The first-order valence-electron chi connectivity index (χ1n) is 7.33. The first-order chi connectivity index (χ1) is 11.0. The second-order valence-electron chi connectivity index (χ2n) is 5.49. The molecule has 1 unspecified atom stereocenters. The smallest absolute Gasteiger partial charge is 0.228 e. The Morgan fingerprint density at radius 2 is 2.04 bits per heavy atom. The molecule has 122 valence electrons. The van der Waals surface area contributed by atoms with E-state index in [4.69, 9.17) is 0 Å². The summed E-state index contributed by atoms with van der Waals surface area (Å²) in [7, 11) is -3.18. The van der Waals surface area contributed by atoms with E-state index in [0.29, 0.717) is 24.9 Å². The normalized spacial score (nSPS) is 19.4. The van der Waals surface area contributed by atoms with Crippen LogP contribution < -0.4 is 5.32 Å². The summed E-state index contributed by atoms with van der Waals surface area (Å²) in [6.45, 7) is 1.01. The fourth-order valence-electron chi connectivity index (χ4n) is 2.60. The molecule has 2 aromatic rings. The molecule has 0 radical (unpaired) electrons. The predicted molar refractivity (Wildman–Crippen MR) is 85.7 cm³/mol. The molecule has 0 spiro atoms. The summed E-state index contributed by atoms with van der Waals surface area (Å²) in [6, 6.07) is 1.73. The summed E-state index contributed by atoms with van der Waals surface area (Å²) >= 11 is 0. The van der Waals surface area contributed by atoms with Crippen molar-refractivity contribution in [1.82, 2.24) is 24.2 Å². The summed E-state index contributed by atoms with van der Waals surface area (Å²) < 4.78 is 25.0. The number of aromatic nitrogens is 4. The van der Waals surface area contributed by atoms with Gasteiger partial charge in [-0.2, -0.15) is 0 Å². The average molecular weight is 334 g/mol. The van der Waals surface area contributed by atoms with Gasteiger partial charge in [0, 0.05) is 37.6 Å². The summed E-state index contributed by atoms with van der Waals surface area (Å²) in [5.74, 6) is 1.04. The van der Waals surface area contributed by atoms with Crippen LogP contribution in [0.25, 0.3) is 0 Å². The zero-order chi connectivity index (χ0) is 16.3. The Bertz CT molecular complexity index is 768. The number of rotatable bonds is 4. The van der Waals surface area contributed by atoms with Gasteiger partial charge in [-0.1, -0.05) is 0 Å². The van der Waals surface area contributed by atoms with E-state index < -0.39 is 10.0 Å². The molecule has 2 aromatic heterocycles. The topological polar surface area (TPSA) is 101 Å². The fraction of sp³-hybridized carbons (Fsp3) is 0.429. The average Bonchev–Trinajstić information content (AvgIpc) is 2.55. The van der Waals surface area contributed by atoms with Crippen molar-refractivity contribution in [2.45, 2.75) is 18.8 Å². The van der Waals surface area contributed by atoms with Gasteiger partial charge in [0.1, 0.15) is 0 Å². The van der Waals surface area contributed by atoms with Gasteiger partial charge in [0.05, 0.1) is 18.1 Å². The van der Waals surface area contributed by atoms with Crippen LogP contribution in [-0.4, -0.2) is 52.0 Å². The molecule has 1 N–H and O–H groups in total. The van der Waals surface area contributed by atoms with Gasteiger partial charge in [-0.25, -0.2) is 27.7 Å². The van der Waals surface area contributed by atoms with Crippen molar-refractivity contribution >= 4 is 21.8 Å². The number of nitrogens with one attached hydrogen (secondary N) is 1. The first kappa shape index (κ1) is 15.8. The zero-order valence-electron chi connectivity index (χ0n) is 12.8. The van der Waals surface area contributed by atoms with E-state index in [0.717, 1.165) is 18.5 Å². The van der Waals surface area contributed by atoms with Gasteiger partial charge in [-0.05, 0) is 18.9 Å². The molecule has 3 rings (SSSR count). The Kier molecular flexibility index (Phi) is 4.49. The lowest BCUT2D eigenvalue weighted by Gasteiger charge is -2.30. The minimum Gasteiger partial charge on any atom is -0.307 e. The molecule has 0 saturated carbocycles. The Morgan fingerprint density at radius 1 is 1.26 bits per heavy atom. The van der Waals surface area contributed by atoms with Crippen LogP contribution in [0, 0.1) is 0 Å². The third kappa shape index (κ3) is 3.99. The molecule has 1 atom stereocenters. The lowest BCUT2D eigenvalue weighted by molar-refractivity contribution is 0.314. The minimum atomic E-state index is -3.18. The lowest BCUT2D eigenvalue weighted by Crippen LogP contribution is -2.38. The van der Waals surface area contributed by atoms with Crippen molar-refractivity contribution in [3.63, 3.8) is 0 Å². The Balaban J connectivity index is 1.77. The van der Waals surface area contributed by atoms with Crippen molar-refractivity contribution in [2.24, 2.45) is 0 Å². The van der Waals surface area contributed by atoms with Crippen LogP contribution in [0.1, 0.15) is 24.5 Å². The number of anilines is 2. The number of hydrogen-bond donors (Lipinski definition) is 1. The molecule has 0 aliphatic carbocycles. The van der Waals surface area contributed by atoms with Gasteiger partial charge in [0.25, 0.3) is 0 Å². The Hall–Kier alpha value is -2.13. The van der Waals surface area contributed by atoms with Gasteiger partial charge in [0.15, 0.2) is 5.82 Å². The quantitative estimate of drug-likeness (QED) is 0.895. The molecule has 9 heteroatoms. The van der Waals surface area contributed by atoms with Gasteiger partial charge < -0.3 is 5.32 Å². The molecule has 1 saturated heterocycles. The molecule has 1 aliphatic heterocycles. The van der Waals surface area contributed by atoms with Crippen LogP contribution in [-0.2, 0) is 10.0 Å². The highest BCUT2D eigenvalue weighted by atomic mass is 32.2. The lowest BCUT2D eigenvalue weighted by atomic mass is 9.96. The van der Waals surface area contributed by atoms with E-state index in [1.165, 1.54) is 10.6 Å². The summed E-state index contributed by atoms with van der Waals surface area (Å²) in [4.78, 5) is 16.9. The number of hydrogen-bond acceptors (Lipinski definition) is 7. The highest BCUT2D eigenvalue weighted by molar-refractivity contribution is 7.88. The molecule has 3 heterocycles. The summed E-state index contributed by atoms with van der Waals surface area (Å²) in [5.41, 5.74) is 0.777. The first-order valence-corrected chi connectivity index (χ1v) is 9.18. The minimum absolute atomic E-state index is 0.0458. The van der Waals surface area contributed by atoms with Crippen LogP contribution in [0.15, 0.2) is 30.9 Å². The van der Waals surface area contributed by atoms with Crippen molar-refractivity contribution in [3.8, 4) is 0 Å². The van der Waals surface area contributed by atoms with Crippen LogP contribution in [0.3, 0.4) is 0 Å². The zero-order valence-corrected chi connectivity index (χ0v) is 13.6. The van der Waals surface area contributed by atoms with Crippen molar-refractivity contribution < 1.29 is 8.42 Å². The van der Waals surface area contributed by atoms with Gasteiger partial charge >= 0.3 is 0 Å². The Morgan fingerprint density at radius 3 is 2.78 bits per heavy atom. The van der Waals surface area contributed by atoms with E-state index in [1.54, 1.807) is 30.9 Å². The molecular formula is C14H18N6O2S. The maximum absolute atomic E-state index is 11.7. The van der Waals surface area contributed by atoms with Gasteiger partial charge in [-0.15, -0.1) is 0 Å². The van der Waals surface area contributed by atoms with Crippen LogP contribution in [0.5, 0.6) is 0 Å². The number of piperidine rings is 1. The molecule has 1 fully saturated rings. The van der Waals surface area contributed by atoms with Crippen molar-refractivity contribution in [2.75, 3.05) is 24.7 Å². The second kappa shape index (κ2) is 6.55. The molecule has 1 aliphatic rings. The maximum Gasteiger partial charge on any atom is 0.228 e. The molecule has 23 heavy (non-hydrogen) atoms. The summed E-state index contributed by atoms with van der Waals surface area (Å²) in [6.07, 6.45) is 9.51. The number of sulfonamides is 1. The fourth-order valence-corrected chi connectivity index (χ4v) is 3.51. The van der Waals surface area contributed by atoms with E-state index in [2.05, 4.69) is 25.3 Å². The van der Waals surface area contributed by atoms with Crippen LogP contribution >= 0.6 is 0 Å². The van der Waals surface area contributed by atoms with E-state index in [9.17, 15) is 8.42 Å². The monoisotopic (exact) mass is 334 g/mol. The van der Waals surface area contributed by atoms with E-state index >= 15 is 0 Å². The third-order valence-electron chi connectivity index (χ3n) is 3.73. The second-order valence-corrected chi connectivity index (χ2v) is 7.47. The number of nitrogens with zero attached hydrogens (tertiary/aromatic N) is 5. The van der Waals surface area contributed by atoms with Crippen LogP contribution in [0.2, 0.25) is 0 Å². The molecule has 0 aromatic carbocycles. The van der Waals surface area contributed by atoms with E-state index in [-0.39, 0.29) is 5.92 Å². The highest BCUT2D eigenvalue weighted by Gasteiger charge is 2.27. The third-order valence-corrected chi connectivity index (χ3v) is 5.00. The molecular weight excluding hydrogens is 316 g/mol. The standard InChI is InChI=1S/C14H18N6O2S/c1-23(21,22)20-7-2-4-11(10-20)12-8-15-9-13(18-12)19-14-16-5-3-6-17-14/h3,5-6,8-9,11H,2,4,7,10H2,1H3,(H,16,17,18,19). The van der Waals surface area contributed by atoms with Gasteiger partial charge in [-0.3, -0.25) is 4.98 Å². The largest absolute Gasteiger partial charge is 0.307 e. The molecule has 0 amide bonds. The molecule has 0 bridgehead atoms.